The first-order valence-corrected chi connectivity index (χ1v) is 5.66. The fraction of sp³-hybridized carbons (Fsp3) is 0.273. The van der Waals surface area contributed by atoms with Crippen LogP contribution in [0.15, 0.2) is 24.3 Å². The van der Waals surface area contributed by atoms with Crippen molar-refractivity contribution in [2.45, 2.75) is 6.54 Å². The fourth-order valence-electron chi connectivity index (χ4n) is 1.18. The quantitative estimate of drug-likeness (QED) is 0.798. The predicted molar refractivity (Wildman–Crippen MR) is 77.0 cm³/mol. The lowest BCUT2D eigenvalue weighted by molar-refractivity contribution is 0.934. The van der Waals surface area contributed by atoms with E-state index in [1.807, 2.05) is 26.2 Å². The van der Waals surface area contributed by atoms with E-state index < -0.39 is 0 Å². The molecule has 0 aromatic heterocycles. The zero-order valence-electron chi connectivity index (χ0n) is 9.36. The Morgan fingerprint density at radius 1 is 1.25 bits per heavy atom. The van der Waals surface area contributed by atoms with Gasteiger partial charge in [-0.1, -0.05) is 36.6 Å². The van der Waals surface area contributed by atoms with Gasteiger partial charge in [-0.25, -0.2) is 0 Å². The smallest absolute Gasteiger partial charge is 0.134 e. The molecule has 1 rings (SSSR count). The Morgan fingerprint density at radius 2 is 1.81 bits per heavy atom. The number of nitrogens with zero attached hydrogens (tertiary/aromatic N) is 1. The lowest BCUT2D eigenvalue weighted by Gasteiger charge is -2.13. The van der Waals surface area contributed by atoms with Crippen LogP contribution in [0.25, 0.3) is 0 Å². The van der Waals surface area contributed by atoms with Gasteiger partial charge in [-0.15, -0.1) is 0 Å². The second kappa shape index (κ2) is 5.77. The molecule has 0 aliphatic heterocycles. The average molecular weight is 253 g/mol. The van der Waals surface area contributed by atoms with Crippen molar-refractivity contribution in [3.05, 3.63) is 29.8 Å². The van der Waals surface area contributed by atoms with Crippen molar-refractivity contribution < 1.29 is 0 Å². The predicted octanol–water partition coefficient (Wildman–Crippen LogP) is 1.46. The van der Waals surface area contributed by atoms with Gasteiger partial charge in [0.05, 0.1) is 0 Å². The fourth-order valence-corrected chi connectivity index (χ4v) is 1.33. The van der Waals surface area contributed by atoms with E-state index in [0.29, 0.717) is 11.5 Å². The van der Waals surface area contributed by atoms with Gasteiger partial charge in [0.25, 0.3) is 0 Å². The molecule has 0 saturated carbocycles. The molecule has 0 atom stereocenters. The molecule has 0 unspecified atom stereocenters. The number of benzene rings is 1. The maximum absolute atomic E-state index is 5.39. The summed E-state index contributed by atoms with van der Waals surface area (Å²) in [6, 6.07) is 8.21. The normalized spacial score (nSPS) is 9.62. The van der Waals surface area contributed by atoms with Crippen LogP contribution in [0.1, 0.15) is 5.56 Å². The van der Waals surface area contributed by atoms with Crippen LogP contribution in [0.3, 0.4) is 0 Å². The Morgan fingerprint density at radius 3 is 2.25 bits per heavy atom. The van der Waals surface area contributed by atoms with E-state index in [2.05, 4.69) is 22.3 Å². The molecule has 0 aliphatic carbocycles. The van der Waals surface area contributed by atoms with Gasteiger partial charge in [0.2, 0.25) is 0 Å². The number of hydrogen-bond acceptors (Lipinski definition) is 3. The molecule has 0 amide bonds. The molecule has 0 aliphatic rings. The van der Waals surface area contributed by atoms with Gasteiger partial charge in [0, 0.05) is 26.3 Å². The van der Waals surface area contributed by atoms with Gasteiger partial charge in [-0.3, -0.25) is 0 Å². The van der Waals surface area contributed by atoms with Crippen molar-refractivity contribution in [1.82, 2.24) is 5.32 Å². The van der Waals surface area contributed by atoms with Crippen molar-refractivity contribution in [1.29, 1.82) is 0 Å². The van der Waals surface area contributed by atoms with Gasteiger partial charge >= 0.3 is 0 Å². The van der Waals surface area contributed by atoms with E-state index in [4.69, 9.17) is 30.2 Å². The zero-order chi connectivity index (χ0) is 12.1. The summed E-state index contributed by atoms with van der Waals surface area (Å²) in [7, 11) is 4.02. The molecule has 86 valence electrons. The zero-order valence-corrected chi connectivity index (χ0v) is 11.0. The molecule has 0 radical (unpaired) electrons. The van der Waals surface area contributed by atoms with Crippen molar-refractivity contribution in [3.63, 3.8) is 0 Å². The number of rotatable bonds is 3. The third-order valence-electron chi connectivity index (χ3n) is 2.13. The molecule has 16 heavy (non-hydrogen) atoms. The molecule has 3 N–H and O–H groups in total. The first-order chi connectivity index (χ1) is 7.50. The third-order valence-corrected chi connectivity index (χ3v) is 2.83. The number of hydrogen-bond donors (Lipinski definition) is 2. The summed E-state index contributed by atoms with van der Waals surface area (Å²) in [5.74, 6) is 0. The van der Waals surface area contributed by atoms with Crippen molar-refractivity contribution in [2.75, 3.05) is 19.0 Å². The highest BCUT2D eigenvalue weighted by atomic mass is 32.1. The highest BCUT2D eigenvalue weighted by Crippen LogP contribution is 2.11. The van der Waals surface area contributed by atoms with Gasteiger partial charge in [0.1, 0.15) is 9.98 Å². The Balaban J connectivity index is 2.56. The first-order valence-electron chi connectivity index (χ1n) is 4.84. The Bertz CT molecular complexity index is 385. The Hall–Kier alpha value is -1.20. The second-order valence-electron chi connectivity index (χ2n) is 3.61. The highest BCUT2D eigenvalue weighted by Gasteiger charge is 2.00. The summed E-state index contributed by atoms with van der Waals surface area (Å²) in [6.07, 6.45) is 0. The standard InChI is InChI=1S/C11H15N3S2/c1-14(2)9-5-3-8(4-6-9)7-13-11(16)10(12)15/h3-6H,7H2,1-2H3,(H2,12,15)(H,13,16). The summed E-state index contributed by atoms with van der Waals surface area (Å²) in [5.41, 5.74) is 7.70. The summed E-state index contributed by atoms with van der Waals surface area (Å²) in [6.45, 7) is 0.643. The SMILES string of the molecule is CN(C)c1ccc(CNC(=S)C(N)=S)cc1. The average Bonchev–Trinajstić information content (AvgIpc) is 2.26. The molecule has 0 saturated heterocycles. The summed E-state index contributed by atoms with van der Waals surface area (Å²) in [4.78, 5) is 2.73. The maximum atomic E-state index is 5.39. The monoisotopic (exact) mass is 253 g/mol. The van der Waals surface area contributed by atoms with Crippen LogP contribution in [0.4, 0.5) is 5.69 Å². The molecule has 0 spiro atoms. The van der Waals surface area contributed by atoms with E-state index in [0.717, 1.165) is 5.56 Å². The largest absolute Gasteiger partial charge is 0.388 e. The van der Waals surface area contributed by atoms with E-state index in [-0.39, 0.29) is 4.99 Å². The lowest BCUT2D eigenvalue weighted by atomic mass is 10.2. The second-order valence-corrected chi connectivity index (χ2v) is 4.46. The molecule has 1 aromatic carbocycles. The van der Waals surface area contributed by atoms with Crippen LogP contribution >= 0.6 is 24.4 Å². The third kappa shape index (κ3) is 3.75. The van der Waals surface area contributed by atoms with Crippen molar-refractivity contribution in [3.8, 4) is 0 Å². The van der Waals surface area contributed by atoms with Crippen molar-refractivity contribution >= 4 is 40.1 Å². The van der Waals surface area contributed by atoms with Crippen molar-refractivity contribution in [2.24, 2.45) is 5.73 Å². The van der Waals surface area contributed by atoms with Crippen LogP contribution in [-0.4, -0.2) is 24.1 Å². The van der Waals surface area contributed by atoms with Crippen LogP contribution in [0, 0.1) is 0 Å². The minimum atomic E-state index is 0.236. The van der Waals surface area contributed by atoms with Gasteiger partial charge in [0.15, 0.2) is 0 Å². The molecule has 1 aromatic rings. The lowest BCUT2D eigenvalue weighted by Crippen LogP contribution is -2.32. The van der Waals surface area contributed by atoms with Gasteiger partial charge < -0.3 is 16.0 Å². The number of thiocarbonyl (C=S) groups is 2. The number of anilines is 1. The molecular weight excluding hydrogens is 238 g/mol. The summed E-state index contributed by atoms with van der Waals surface area (Å²) in [5, 5.41) is 3.00. The summed E-state index contributed by atoms with van der Waals surface area (Å²) >= 11 is 9.71. The van der Waals surface area contributed by atoms with E-state index in [1.165, 1.54) is 5.69 Å². The minimum absolute atomic E-state index is 0.236. The number of nitrogens with two attached hydrogens (primary N) is 1. The van der Waals surface area contributed by atoms with Crippen LogP contribution in [0.5, 0.6) is 0 Å². The molecular formula is C11H15N3S2. The molecule has 0 bridgehead atoms. The van der Waals surface area contributed by atoms with E-state index in [1.54, 1.807) is 0 Å². The van der Waals surface area contributed by atoms with Crippen LogP contribution in [-0.2, 0) is 6.54 Å². The van der Waals surface area contributed by atoms with E-state index in [9.17, 15) is 0 Å². The Kier molecular flexibility index (Phi) is 4.64. The molecule has 0 heterocycles. The van der Waals surface area contributed by atoms with Gasteiger partial charge in [-0.2, -0.15) is 0 Å². The number of nitrogens with one attached hydrogen (secondary N) is 1. The highest BCUT2D eigenvalue weighted by molar-refractivity contribution is 7.89. The van der Waals surface area contributed by atoms with Gasteiger partial charge in [-0.05, 0) is 17.7 Å². The van der Waals surface area contributed by atoms with Crippen LogP contribution in [0.2, 0.25) is 0 Å². The minimum Gasteiger partial charge on any atom is -0.388 e. The van der Waals surface area contributed by atoms with Crippen LogP contribution < -0.4 is 16.0 Å². The molecule has 0 fully saturated rings. The topological polar surface area (TPSA) is 41.3 Å². The first kappa shape index (κ1) is 12.9. The summed E-state index contributed by atoms with van der Waals surface area (Å²) < 4.78 is 0. The molecule has 3 nitrogen and oxygen atoms in total. The maximum Gasteiger partial charge on any atom is 0.134 e. The molecule has 5 heteroatoms. The van der Waals surface area contributed by atoms with E-state index >= 15 is 0 Å². The Labute approximate surface area is 107 Å².